The van der Waals surface area contributed by atoms with Gasteiger partial charge >= 0.3 is 0 Å². The third-order valence-corrected chi connectivity index (χ3v) is 4.48. The molecule has 2 aliphatic rings. The number of nitrogens with zero attached hydrogens (tertiary/aromatic N) is 1. The van der Waals surface area contributed by atoms with E-state index in [9.17, 15) is 5.11 Å². The lowest BCUT2D eigenvalue weighted by Gasteiger charge is -2.35. The topological polar surface area (TPSA) is 35.5 Å². The van der Waals surface area contributed by atoms with Crippen molar-refractivity contribution in [2.45, 2.75) is 50.7 Å². The van der Waals surface area contributed by atoms with E-state index in [4.69, 9.17) is 0 Å². The van der Waals surface area contributed by atoms with Crippen LogP contribution in [-0.4, -0.2) is 41.3 Å². The van der Waals surface area contributed by atoms with E-state index >= 15 is 0 Å². The van der Waals surface area contributed by atoms with E-state index in [-0.39, 0.29) is 12.1 Å². The Balaban J connectivity index is 1.67. The summed E-state index contributed by atoms with van der Waals surface area (Å²) in [5, 5.41) is 13.4. The molecule has 3 rings (SSSR count). The molecular weight excluding hydrogens is 248 g/mol. The predicted octanol–water partition coefficient (Wildman–Crippen LogP) is 1.94. The highest BCUT2D eigenvalue weighted by molar-refractivity contribution is 5.28. The Hall–Kier alpha value is -0.900. The molecule has 1 heterocycles. The molecule has 110 valence electrons. The highest BCUT2D eigenvalue weighted by atomic mass is 16.3. The van der Waals surface area contributed by atoms with Gasteiger partial charge in [-0.3, -0.25) is 4.90 Å². The third kappa shape index (κ3) is 3.40. The molecule has 1 aliphatic heterocycles. The van der Waals surface area contributed by atoms with Gasteiger partial charge in [0.15, 0.2) is 0 Å². The average Bonchev–Trinajstić information content (AvgIpc) is 3.25. The molecule has 3 nitrogen and oxygen atoms in total. The normalized spacial score (nSPS) is 22.9. The fourth-order valence-corrected chi connectivity index (χ4v) is 3.26. The van der Waals surface area contributed by atoms with Crippen molar-refractivity contribution in [1.82, 2.24) is 10.2 Å². The molecule has 1 aliphatic carbocycles. The molecule has 1 fully saturated rings. The second kappa shape index (κ2) is 5.84. The molecule has 0 radical (unpaired) electrons. The average molecular weight is 274 g/mol. The van der Waals surface area contributed by atoms with Gasteiger partial charge in [0.2, 0.25) is 0 Å². The van der Waals surface area contributed by atoms with Crippen LogP contribution in [0.3, 0.4) is 0 Å². The zero-order valence-electron chi connectivity index (χ0n) is 12.4. The Labute approximate surface area is 122 Å². The summed E-state index contributed by atoms with van der Waals surface area (Å²) in [6.07, 6.45) is 4.91. The number of hydrogen-bond donors (Lipinski definition) is 2. The van der Waals surface area contributed by atoms with E-state index in [1.165, 1.54) is 36.8 Å². The third-order valence-electron chi connectivity index (χ3n) is 4.48. The fraction of sp³-hybridized carbons (Fsp3) is 0.647. The van der Waals surface area contributed by atoms with Gasteiger partial charge in [-0.25, -0.2) is 0 Å². The number of aryl methyl sites for hydroxylation is 1. The molecule has 0 aromatic heterocycles. The van der Waals surface area contributed by atoms with Crippen molar-refractivity contribution >= 4 is 0 Å². The van der Waals surface area contributed by atoms with E-state index in [2.05, 4.69) is 41.4 Å². The zero-order valence-corrected chi connectivity index (χ0v) is 12.4. The lowest BCUT2D eigenvalue weighted by atomic mass is 10.0. The summed E-state index contributed by atoms with van der Waals surface area (Å²) in [7, 11) is 0. The van der Waals surface area contributed by atoms with Gasteiger partial charge in [-0.2, -0.15) is 0 Å². The fourth-order valence-electron chi connectivity index (χ4n) is 3.26. The van der Waals surface area contributed by atoms with E-state index in [1.54, 1.807) is 0 Å². The lowest BCUT2D eigenvalue weighted by molar-refractivity contribution is 0.115. The number of hydrogen-bond acceptors (Lipinski definition) is 3. The number of nitrogens with one attached hydrogen (secondary N) is 1. The molecule has 3 heteroatoms. The Morgan fingerprint density at radius 3 is 2.75 bits per heavy atom. The van der Waals surface area contributed by atoms with E-state index in [1.807, 2.05) is 0 Å². The van der Waals surface area contributed by atoms with Gasteiger partial charge in [0.05, 0.1) is 12.1 Å². The maximum absolute atomic E-state index is 9.77. The predicted molar refractivity (Wildman–Crippen MR) is 81.7 cm³/mol. The Bertz CT molecular complexity index is 458. The van der Waals surface area contributed by atoms with Crippen LogP contribution in [0.15, 0.2) is 24.3 Å². The molecule has 1 unspecified atom stereocenters. The van der Waals surface area contributed by atoms with E-state index < -0.39 is 0 Å². The maximum Gasteiger partial charge on any atom is 0.0623 e. The van der Waals surface area contributed by atoms with Gasteiger partial charge in [-0.05, 0) is 50.3 Å². The first-order valence-electron chi connectivity index (χ1n) is 7.86. The molecule has 0 spiro atoms. The Kier molecular flexibility index (Phi) is 4.11. The molecule has 0 amide bonds. The van der Waals surface area contributed by atoms with Crippen LogP contribution in [0.1, 0.15) is 37.3 Å². The van der Waals surface area contributed by atoms with Gasteiger partial charge in [0.1, 0.15) is 0 Å². The van der Waals surface area contributed by atoms with Crippen molar-refractivity contribution in [2.75, 3.05) is 19.7 Å². The van der Waals surface area contributed by atoms with Gasteiger partial charge in [0, 0.05) is 19.1 Å². The van der Waals surface area contributed by atoms with Gasteiger partial charge < -0.3 is 10.4 Å². The zero-order chi connectivity index (χ0) is 14.0. The van der Waals surface area contributed by atoms with Crippen LogP contribution < -0.4 is 5.32 Å². The summed E-state index contributed by atoms with van der Waals surface area (Å²) < 4.78 is 0. The summed E-state index contributed by atoms with van der Waals surface area (Å²) in [5.74, 6) is 0. The molecule has 1 aromatic rings. The van der Waals surface area contributed by atoms with Gasteiger partial charge in [-0.1, -0.05) is 24.3 Å². The molecule has 1 atom stereocenters. The second-order valence-electron chi connectivity index (χ2n) is 6.72. The molecule has 2 N–H and O–H groups in total. The smallest absolute Gasteiger partial charge is 0.0623 e. The van der Waals surface area contributed by atoms with E-state index in [0.717, 1.165) is 19.6 Å². The largest absolute Gasteiger partial charge is 0.394 e. The second-order valence-corrected chi connectivity index (χ2v) is 6.72. The molecule has 1 aromatic carbocycles. The lowest BCUT2D eigenvalue weighted by Crippen LogP contribution is -2.54. The number of benzene rings is 1. The van der Waals surface area contributed by atoms with Crippen molar-refractivity contribution in [3.8, 4) is 0 Å². The van der Waals surface area contributed by atoms with Gasteiger partial charge in [-0.15, -0.1) is 0 Å². The first kappa shape index (κ1) is 14.1. The minimum atomic E-state index is -0.166. The summed E-state index contributed by atoms with van der Waals surface area (Å²) in [4.78, 5) is 2.50. The Morgan fingerprint density at radius 2 is 2.05 bits per heavy atom. The highest BCUT2D eigenvalue weighted by Gasteiger charge is 2.33. The van der Waals surface area contributed by atoms with Crippen LogP contribution >= 0.6 is 0 Å². The number of aliphatic hydroxyl groups is 1. The highest BCUT2D eigenvalue weighted by Crippen LogP contribution is 2.24. The van der Waals surface area contributed by atoms with Crippen molar-refractivity contribution in [3.05, 3.63) is 35.4 Å². The van der Waals surface area contributed by atoms with Crippen molar-refractivity contribution in [2.24, 2.45) is 0 Å². The minimum absolute atomic E-state index is 0.166. The first-order chi connectivity index (χ1) is 9.68. The molecule has 20 heavy (non-hydrogen) atoms. The first-order valence-corrected chi connectivity index (χ1v) is 7.86. The van der Waals surface area contributed by atoms with Crippen molar-refractivity contribution in [1.29, 1.82) is 0 Å². The summed E-state index contributed by atoms with van der Waals surface area (Å²) in [6, 6.07) is 9.41. The van der Waals surface area contributed by atoms with Crippen LogP contribution in [0, 0.1) is 0 Å². The van der Waals surface area contributed by atoms with Crippen LogP contribution in [0.4, 0.5) is 0 Å². The quantitative estimate of drug-likeness (QED) is 0.861. The van der Waals surface area contributed by atoms with Crippen LogP contribution in [0.2, 0.25) is 0 Å². The Morgan fingerprint density at radius 1 is 1.30 bits per heavy atom. The summed E-state index contributed by atoms with van der Waals surface area (Å²) in [6.45, 7) is 5.42. The summed E-state index contributed by atoms with van der Waals surface area (Å²) >= 11 is 0. The standard InChI is InChI=1S/C17H26N2O/c1-17(13-20,18-16-8-9-16)12-19-10-4-7-14-5-2-3-6-15(14)11-19/h2-3,5-6,16,18,20H,4,7-13H2,1H3. The maximum atomic E-state index is 9.77. The molecule has 1 saturated carbocycles. The van der Waals surface area contributed by atoms with E-state index in [0.29, 0.717) is 6.04 Å². The summed E-state index contributed by atoms with van der Waals surface area (Å²) in [5.41, 5.74) is 2.79. The monoisotopic (exact) mass is 274 g/mol. The number of aliphatic hydroxyl groups excluding tert-OH is 1. The van der Waals surface area contributed by atoms with Crippen LogP contribution in [0.5, 0.6) is 0 Å². The number of rotatable bonds is 5. The minimum Gasteiger partial charge on any atom is -0.394 e. The number of fused-ring (bicyclic) bond motifs is 1. The van der Waals surface area contributed by atoms with Crippen LogP contribution in [-0.2, 0) is 13.0 Å². The van der Waals surface area contributed by atoms with Crippen molar-refractivity contribution < 1.29 is 5.11 Å². The SMILES string of the molecule is CC(CO)(CN1CCCc2ccccc2C1)NC1CC1. The molecule has 0 bridgehead atoms. The van der Waals surface area contributed by atoms with Gasteiger partial charge in [0.25, 0.3) is 0 Å². The van der Waals surface area contributed by atoms with Crippen molar-refractivity contribution in [3.63, 3.8) is 0 Å². The molecule has 0 saturated heterocycles. The molecular formula is C17H26N2O. The van der Waals surface area contributed by atoms with Crippen LogP contribution in [0.25, 0.3) is 0 Å².